The van der Waals surface area contributed by atoms with E-state index in [1.54, 1.807) is 31.4 Å². The van der Waals surface area contributed by atoms with Crippen LogP contribution in [0.5, 0.6) is 11.5 Å². The molecule has 30 heavy (non-hydrogen) atoms. The quantitative estimate of drug-likeness (QED) is 0.280. The molecule has 0 aliphatic carbocycles. The van der Waals surface area contributed by atoms with Gasteiger partial charge in [0.25, 0.3) is 5.91 Å². The fraction of sp³-hybridized carbons (Fsp3) is 0.0909. The molecule has 0 unspecified atom stereocenters. The lowest BCUT2D eigenvalue weighted by Crippen LogP contribution is -2.17. The molecule has 154 valence electrons. The molecule has 3 aromatic rings. The molecule has 0 aliphatic rings. The van der Waals surface area contributed by atoms with E-state index in [0.717, 1.165) is 15.6 Å². The highest BCUT2D eigenvalue weighted by Crippen LogP contribution is 2.37. The maximum Gasteiger partial charge on any atom is 0.271 e. The summed E-state index contributed by atoms with van der Waals surface area (Å²) in [6.07, 6.45) is 1.53. The van der Waals surface area contributed by atoms with Crippen molar-refractivity contribution in [3.63, 3.8) is 0 Å². The number of ether oxygens (including phenoxy) is 2. The summed E-state index contributed by atoms with van der Waals surface area (Å²) in [6.45, 7) is 0.296. The molecule has 3 rings (SSSR count). The van der Waals surface area contributed by atoms with Crippen molar-refractivity contribution in [2.45, 2.75) is 6.61 Å². The molecule has 8 heteroatoms. The number of hydrogen-bond donors (Lipinski definition) is 1. The van der Waals surface area contributed by atoms with E-state index < -0.39 is 0 Å². The number of amides is 1. The van der Waals surface area contributed by atoms with Crippen molar-refractivity contribution < 1.29 is 14.3 Å². The maximum atomic E-state index is 12.2. The van der Waals surface area contributed by atoms with E-state index in [9.17, 15) is 4.79 Å². The highest BCUT2D eigenvalue weighted by Gasteiger charge is 2.12. The van der Waals surface area contributed by atoms with Crippen LogP contribution in [0, 0.1) is 0 Å². The van der Waals surface area contributed by atoms with Crippen LogP contribution in [0.15, 0.2) is 74.7 Å². The molecule has 1 amide bonds. The summed E-state index contributed by atoms with van der Waals surface area (Å²) in [5, 5.41) is 4.66. The minimum Gasteiger partial charge on any atom is -0.493 e. The second-order valence-corrected chi connectivity index (χ2v) is 8.30. The average molecular weight is 553 g/mol. The Labute approximate surface area is 196 Å². The zero-order valence-electron chi connectivity index (χ0n) is 15.9. The van der Waals surface area contributed by atoms with Gasteiger partial charge in [-0.15, -0.1) is 0 Å². The molecule has 1 N–H and O–H groups in total. The summed E-state index contributed by atoms with van der Waals surface area (Å²) < 4.78 is 12.9. The first-order valence-electron chi connectivity index (χ1n) is 8.80. The molecule has 0 aliphatic heterocycles. The van der Waals surface area contributed by atoms with E-state index in [-0.39, 0.29) is 5.91 Å². The van der Waals surface area contributed by atoms with Gasteiger partial charge in [-0.1, -0.05) is 51.8 Å². The molecule has 3 aromatic carbocycles. The third kappa shape index (κ3) is 5.84. The van der Waals surface area contributed by atoms with Gasteiger partial charge in [0.05, 0.1) is 17.8 Å². The molecule has 0 radical (unpaired) electrons. The van der Waals surface area contributed by atoms with Gasteiger partial charge < -0.3 is 9.47 Å². The molecule has 5 nitrogen and oxygen atoms in total. The summed E-state index contributed by atoms with van der Waals surface area (Å²) in [6, 6.07) is 18.1. The monoisotopic (exact) mass is 550 g/mol. The Morgan fingerprint density at radius 2 is 1.93 bits per heavy atom. The van der Waals surface area contributed by atoms with Gasteiger partial charge in [-0.25, -0.2) is 5.43 Å². The third-order valence-corrected chi connectivity index (χ3v) is 5.50. The fourth-order valence-electron chi connectivity index (χ4n) is 2.58. The van der Waals surface area contributed by atoms with Crippen molar-refractivity contribution in [1.82, 2.24) is 5.43 Å². The van der Waals surface area contributed by atoms with Gasteiger partial charge in [-0.05, 0) is 57.9 Å². The van der Waals surface area contributed by atoms with E-state index in [2.05, 4.69) is 42.4 Å². The van der Waals surface area contributed by atoms with Crippen LogP contribution in [0.4, 0.5) is 0 Å². The topological polar surface area (TPSA) is 59.9 Å². The zero-order valence-corrected chi connectivity index (χ0v) is 19.8. The number of halogens is 3. The van der Waals surface area contributed by atoms with Crippen LogP contribution in [-0.4, -0.2) is 19.2 Å². The number of carbonyl (C=O) groups is 1. The summed E-state index contributed by atoms with van der Waals surface area (Å²) in [5.41, 5.74) is 4.60. The normalized spacial score (nSPS) is 10.8. The number of methoxy groups -OCH3 is 1. The van der Waals surface area contributed by atoms with Gasteiger partial charge in [-0.3, -0.25) is 4.79 Å². The number of benzene rings is 3. The molecule has 0 saturated heterocycles. The number of nitrogens with zero attached hydrogens (tertiary/aromatic N) is 1. The molecule has 0 saturated carbocycles. The third-order valence-electron chi connectivity index (χ3n) is 4.05. The van der Waals surface area contributed by atoms with Crippen LogP contribution >= 0.6 is 43.5 Å². The first kappa shape index (κ1) is 22.3. The lowest BCUT2D eigenvalue weighted by molar-refractivity contribution is 0.0955. The molecule has 0 atom stereocenters. The lowest BCUT2D eigenvalue weighted by atomic mass is 10.2. The van der Waals surface area contributed by atoms with Crippen LogP contribution in [0.25, 0.3) is 0 Å². The number of carbonyl (C=O) groups excluding carboxylic acids is 1. The molecular formula is C22H17Br2ClN2O3. The number of hydrazone groups is 1. The van der Waals surface area contributed by atoms with Crippen molar-refractivity contribution in [3.8, 4) is 11.5 Å². The minimum atomic E-state index is -0.307. The molecular weight excluding hydrogens is 536 g/mol. The van der Waals surface area contributed by atoms with Gasteiger partial charge >= 0.3 is 0 Å². The Morgan fingerprint density at radius 1 is 1.13 bits per heavy atom. The lowest BCUT2D eigenvalue weighted by Gasteiger charge is -2.14. The van der Waals surface area contributed by atoms with Crippen molar-refractivity contribution >= 4 is 55.6 Å². The summed E-state index contributed by atoms with van der Waals surface area (Å²) in [4.78, 5) is 12.2. The van der Waals surface area contributed by atoms with Crippen molar-refractivity contribution in [2.75, 3.05) is 7.11 Å². The standard InChI is InChI=1S/C22H17Br2ClN2O3/c1-29-20-10-14(12-26-27-22(28)15-6-4-7-17(23)11-15)9-18(24)21(20)30-13-16-5-2-3-8-19(16)25/h2-12H,13H2,1H3,(H,27,28)/b26-12+. The van der Waals surface area contributed by atoms with Gasteiger partial charge in [0.1, 0.15) is 6.61 Å². The highest BCUT2D eigenvalue weighted by molar-refractivity contribution is 9.10. The SMILES string of the molecule is COc1cc(/C=N/NC(=O)c2cccc(Br)c2)cc(Br)c1OCc1ccccc1Cl. The predicted octanol–water partition coefficient (Wildman–Crippen LogP) is 6.22. The Bertz CT molecular complexity index is 1090. The number of rotatable bonds is 7. The molecule has 0 bridgehead atoms. The molecule has 0 aromatic heterocycles. The second kappa shape index (κ2) is 10.6. The van der Waals surface area contributed by atoms with E-state index in [4.69, 9.17) is 21.1 Å². The van der Waals surface area contributed by atoms with E-state index in [1.807, 2.05) is 36.4 Å². The first-order chi connectivity index (χ1) is 14.5. The summed E-state index contributed by atoms with van der Waals surface area (Å²) in [5.74, 6) is 0.766. The van der Waals surface area contributed by atoms with Crippen LogP contribution < -0.4 is 14.9 Å². The van der Waals surface area contributed by atoms with Gasteiger partial charge in [-0.2, -0.15) is 5.10 Å². The predicted molar refractivity (Wildman–Crippen MR) is 126 cm³/mol. The van der Waals surface area contributed by atoms with Gasteiger partial charge in [0.2, 0.25) is 0 Å². The Kier molecular flexibility index (Phi) is 7.90. The number of nitrogens with one attached hydrogen (secondary N) is 1. The van der Waals surface area contributed by atoms with Crippen molar-refractivity contribution in [2.24, 2.45) is 5.10 Å². The van der Waals surface area contributed by atoms with Gasteiger partial charge in [0.15, 0.2) is 11.5 Å². The van der Waals surface area contributed by atoms with E-state index in [0.29, 0.717) is 33.2 Å². The van der Waals surface area contributed by atoms with Crippen molar-refractivity contribution in [3.05, 3.63) is 91.3 Å². The van der Waals surface area contributed by atoms with E-state index in [1.165, 1.54) is 6.21 Å². The van der Waals surface area contributed by atoms with Gasteiger partial charge in [0, 0.05) is 20.6 Å². The summed E-state index contributed by atoms with van der Waals surface area (Å²) >= 11 is 13.0. The average Bonchev–Trinajstić information content (AvgIpc) is 2.73. The van der Waals surface area contributed by atoms with Crippen LogP contribution in [0.1, 0.15) is 21.5 Å². The fourth-order valence-corrected chi connectivity index (χ4v) is 3.74. The largest absolute Gasteiger partial charge is 0.493 e. The van der Waals surface area contributed by atoms with E-state index >= 15 is 0 Å². The molecule has 0 heterocycles. The smallest absolute Gasteiger partial charge is 0.271 e. The minimum absolute atomic E-state index is 0.296. The van der Waals surface area contributed by atoms with Crippen molar-refractivity contribution in [1.29, 1.82) is 0 Å². The number of hydrogen-bond acceptors (Lipinski definition) is 4. The Hall–Kier alpha value is -2.35. The van der Waals surface area contributed by atoms with Crippen LogP contribution in [-0.2, 0) is 6.61 Å². The molecule has 0 spiro atoms. The molecule has 0 fully saturated rings. The van der Waals surface area contributed by atoms with Crippen LogP contribution in [0.3, 0.4) is 0 Å². The zero-order chi connectivity index (χ0) is 21.5. The maximum absolute atomic E-state index is 12.2. The first-order valence-corrected chi connectivity index (χ1v) is 10.8. The summed E-state index contributed by atoms with van der Waals surface area (Å²) in [7, 11) is 1.56. The van der Waals surface area contributed by atoms with Crippen LogP contribution in [0.2, 0.25) is 5.02 Å². The Morgan fingerprint density at radius 3 is 2.67 bits per heavy atom. The Balaban J connectivity index is 1.71. The highest BCUT2D eigenvalue weighted by atomic mass is 79.9. The second-order valence-electron chi connectivity index (χ2n) is 6.12.